The highest BCUT2D eigenvalue weighted by atomic mass is 16.7. The summed E-state index contributed by atoms with van der Waals surface area (Å²) in [6.07, 6.45) is 13.0. The van der Waals surface area contributed by atoms with E-state index in [1.165, 1.54) is 12.8 Å². The van der Waals surface area contributed by atoms with Crippen LogP contribution in [0.5, 0.6) is 0 Å². The lowest BCUT2D eigenvalue weighted by molar-refractivity contribution is -0.205. The molecule has 0 aromatic heterocycles. The Bertz CT molecular complexity index is 770. The quantitative estimate of drug-likeness (QED) is 0.695. The molecule has 5 atom stereocenters. The highest BCUT2D eigenvalue weighted by Gasteiger charge is 2.67. The molecule has 2 aliphatic heterocycles. The first-order valence-electron chi connectivity index (χ1n) is 12.0. The number of aliphatic hydroxyl groups is 1. The minimum Gasteiger partial charge on any atom is -0.386 e. The van der Waals surface area contributed by atoms with Crippen molar-refractivity contribution in [2.45, 2.75) is 95.0 Å². The number of hydrogen-bond acceptors (Lipinski definition) is 4. The number of ether oxygens (including phenoxy) is 3. The number of fused-ring (bicyclic) bond motifs is 4. The second-order valence-electron chi connectivity index (χ2n) is 11.0. The first kappa shape index (κ1) is 19.0. The Morgan fingerprint density at radius 2 is 1.79 bits per heavy atom. The summed E-state index contributed by atoms with van der Waals surface area (Å²) in [5, 5.41) is 12.1. The maximum absolute atomic E-state index is 12.1. The van der Waals surface area contributed by atoms with Gasteiger partial charge in [0.25, 0.3) is 0 Å². The van der Waals surface area contributed by atoms with Crippen molar-refractivity contribution >= 4 is 0 Å². The molecule has 0 radical (unpaired) electrons. The minimum atomic E-state index is -0.708. The highest BCUT2D eigenvalue weighted by molar-refractivity contribution is 5.45. The van der Waals surface area contributed by atoms with Crippen molar-refractivity contribution in [3.05, 3.63) is 22.8 Å². The van der Waals surface area contributed by atoms with Gasteiger partial charge >= 0.3 is 0 Å². The normalized spacial score (nSPS) is 48.4. The third kappa shape index (κ3) is 2.41. The van der Waals surface area contributed by atoms with Crippen LogP contribution in [-0.2, 0) is 14.2 Å². The maximum Gasteiger partial charge on any atom is 0.172 e. The molecule has 4 heteroatoms. The van der Waals surface area contributed by atoms with E-state index in [1.807, 2.05) is 0 Å². The van der Waals surface area contributed by atoms with Crippen LogP contribution in [0.4, 0.5) is 0 Å². The molecule has 160 valence electrons. The van der Waals surface area contributed by atoms with Gasteiger partial charge in [-0.05, 0) is 81.3 Å². The molecule has 0 amide bonds. The van der Waals surface area contributed by atoms with E-state index in [-0.39, 0.29) is 16.8 Å². The van der Waals surface area contributed by atoms with E-state index in [2.05, 4.69) is 19.9 Å². The Labute approximate surface area is 174 Å². The first-order chi connectivity index (χ1) is 13.9. The lowest BCUT2D eigenvalue weighted by Crippen LogP contribution is -2.61. The van der Waals surface area contributed by atoms with Crippen LogP contribution in [0.3, 0.4) is 0 Å². The molecule has 6 aliphatic rings. The zero-order valence-corrected chi connectivity index (χ0v) is 18.1. The van der Waals surface area contributed by atoms with Crippen LogP contribution in [0.25, 0.3) is 0 Å². The van der Waals surface area contributed by atoms with Gasteiger partial charge in [0, 0.05) is 24.9 Å². The third-order valence-corrected chi connectivity index (χ3v) is 9.89. The summed E-state index contributed by atoms with van der Waals surface area (Å²) < 4.78 is 18.3. The average molecular weight is 401 g/mol. The fourth-order valence-electron chi connectivity index (χ4n) is 8.28. The Hall–Kier alpha value is -0.680. The van der Waals surface area contributed by atoms with Crippen LogP contribution in [0.1, 0.15) is 78.1 Å². The average Bonchev–Trinajstić information content (AvgIpc) is 3.42. The van der Waals surface area contributed by atoms with Gasteiger partial charge in [0.05, 0.1) is 24.4 Å². The van der Waals surface area contributed by atoms with Gasteiger partial charge in [0.1, 0.15) is 0 Å². The van der Waals surface area contributed by atoms with Crippen LogP contribution in [0, 0.1) is 17.3 Å². The SMILES string of the molecule is CC1([C@@]2(O)CCC3C4CCC5=C(CCC6(C5)OCCO6)C4=CC[C@@]32C)CCCO1. The summed E-state index contributed by atoms with van der Waals surface area (Å²) >= 11 is 0. The van der Waals surface area contributed by atoms with Crippen molar-refractivity contribution in [1.82, 2.24) is 0 Å². The molecule has 0 bridgehead atoms. The molecule has 2 saturated heterocycles. The molecular formula is C25H36O4. The molecular weight excluding hydrogens is 364 g/mol. The van der Waals surface area contributed by atoms with Gasteiger partial charge in [-0.3, -0.25) is 0 Å². The zero-order valence-electron chi connectivity index (χ0n) is 18.1. The van der Waals surface area contributed by atoms with Gasteiger partial charge in [-0.15, -0.1) is 0 Å². The summed E-state index contributed by atoms with van der Waals surface area (Å²) in [4.78, 5) is 0. The van der Waals surface area contributed by atoms with Gasteiger partial charge in [0.2, 0.25) is 0 Å². The van der Waals surface area contributed by atoms with Gasteiger partial charge in [-0.1, -0.05) is 18.6 Å². The number of rotatable bonds is 1. The van der Waals surface area contributed by atoms with E-state index in [9.17, 15) is 5.11 Å². The molecule has 1 N–H and O–H groups in total. The van der Waals surface area contributed by atoms with Gasteiger partial charge in [-0.25, -0.2) is 0 Å². The van der Waals surface area contributed by atoms with Gasteiger partial charge in [-0.2, -0.15) is 0 Å². The van der Waals surface area contributed by atoms with Crippen LogP contribution in [0.15, 0.2) is 22.8 Å². The summed E-state index contributed by atoms with van der Waals surface area (Å²) in [6.45, 7) is 6.83. The van der Waals surface area contributed by atoms with E-state index < -0.39 is 5.60 Å². The fourth-order valence-corrected chi connectivity index (χ4v) is 8.28. The van der Waals surface area contributed by atoms with Crippen LogP contribution < -0.4 is 0 Å². The summed E-state index contributed by atoms with van der Waals surface area (Å²) in [5.74, 6) is 0.848. The lowest BCUT2D eigenvalue weighted by Gasteiger charge is -2.55. The van der Waals surface area contributed by atoms with Crippen LogP contribution >= 0.6 is 0 Å². The van der Waals surface area contributed by atoms with Crippen molar-refractivity contribution in [3.63, 3.8) is 0 Å². The molecule has 1 spiro atoms. The van der Waals surface area contributed by atoms with Crippen LogP contribution in [-0.4, -0.2) is 41.9 Å². The predicted molar refractivity (Wildman–Crippen MR) is 110 cm³/mol. The molecule has 0 aromatic carbocycles. The molecule has 1 saturated carbocycles. The van der Waals surface area contributed by atoms with Gasteiger partial charge < -0.3 is 19.3 Å². The summed E-state index contributed by atoms with van der Waals surface area (Å²) in [5.41, 5.74) is 3.65. The van der Waals surface area contributed by atoms with Crippen molar-refractivity contribution in [3.8, 4) is 0 Å². The van der Waals surface area contributed by atoms with Crippen LogP contribution in [0.2, 0.25) is 0 Å². The predicted octanol–water partition coefficient (Wildman–Crippen LogP) is 4.67. The summed E-state index contributed by atoms with van der Waals surface area (Å²) in [7, 11) is 0. The van der Waals surface area contributed by atoms with E-state index in [0.29, 0.717) is 11.8 Å². The highest BCUT2D eigenvalue weighted by Crippen LogP contribution is 2.66. The lowest BCUT2D eigenvalue weighted by atomic mass is 9.53. The van der Waals surface area contributed by atoms with E-state index in [1.54, 1.807) is 16.7 Å². The van der Waals surface area contributed by atoms with Crippen molar-refractivity contribution in [2.24, 2.45) is 17.3 Å². The second-order valence-corrected chi connectivity index (χ2v) is 11.0. The van der Waals surface area contributed by atoms with Crippen molar-refractivity contribution in [2.75, 3.05) is 19.8 Å². The molecule has 3 unspecified atom stereocenters. The van der Waals surface area contributed by atoms with E-state index in [4.69, 9.17) is 14.2 Å². The molecule has 4 nitrogen and oxygen atoms in total. The monoisotopic (exact) mass is 400 g/mol. The van der Waals surface area contributed by atoms with Gasteiger partial charge in [0.15, 0.2) is 5.79 Å². The largest absolute Gasteiger partial charge is 0.386 e. The fraction of sp³-hybridized carbons (Fsp3) is 0.840. The second kappa shape index (κ2) is 6.18. The molecule has 3 fully saturated rings. The number of allylic oxidation sites excluding steroid dienone is 3. The molecule has 4 aliphatic carbocycles. The molecule has 29 heavy (non-hydrogen) atoms. The number of hydrogen-bond donors (Lipinski definition) is 1. The summed E-state index contributed by atoms with van der Waals surface area (Å²) in [6, 6.07) is 0. The first-order valence-corrected chi connectivity index (χ1v) is 12.0. The Balaban J connectivity index is 1.33. The van der Waals surface area contributed by atoms with Crippen molar-refractivity contribution in [1.29, 1.82) is 0 Å². The Morgan fingerprint density at radius 3 is 2.55 bits per heavy atom. The Kier molecular flexibility index (Phi) is 4.06. The Morgan fingerprint density at radius 1 is 0.966 bits per heavy atom. The zero-order chi connectivity index (χ0) is 19.9. The maximum atomic E-state index is 12.1. The molecule has 2 heterocycles. The standard InChI is InChI=1S/C25H36O4/c1-22-10-6-19-18-7-11-24(28-14-15-29-24)16-17(18)4-5-20(19)21(22)8-12-25(22,26)23(2)9-3-13-27-23/h6,20-21,26H,3-5,7-16H2,1-2H3/t20?,21?,22-,23?,25+/m0/s1. The molecule has 6 rings (SSSR count). The van der Waals surface area contributed by atoms with Crippen molar-refractivity contribution < 1.29 is 19.3 Å². The minimum absolute atomic E-state index is 0.0775. The molecule has 0 aromatic rings. The van der Waals surface area contributed by atoms with E-state index in [0.717, 1.165) is 71.2 Å². The smallest absolute Gasteiger partial charge is 0.172 e. The topological polar surface area (TPSA) is 47.9 Å². The van der Waals surface area contributed by atoms with E-state index >= 15 is 0 Å². The third-order valence-electron chi connectivity index (χ3n) is 9.89.